The molecule has 0 bridgehead atoms. The Hall–Kier alpha value is -1.38. The molecule has 2 aliphatic rings. The lowest BCUT2D eigenvalue weighted by molar-refractivity contribution is -0.139. The maximum atomic E-state index is 11.5. The highest BCUT2D eigenvalue weighted by Gasteiger charge is 2.40. The molecule has 2 rings (SSSR count). The van der Waals surface area contributed by atoms with Crippen molar-refractivity contribution >= 4 is 11.8 Å². The van der Waals surface area contributed by atoms with Crippen molar-refractivity contribution in [3.63, 3.8) is 0 Å². The van der Waals surface area contributed by atoms with E-state index in [2.05, 4.69) is 19.6 Å². The van der Waals surface area contributed by atoms with E-state index in [1.165, 1.54) is 5.57 Å². The van der Waals surface area contributed by atoms with Gasteiger partial charge >= 0.3 is 5.97 Å². The molecular weight excluding hydrogens is 228 g/mol. The van der Waals surface area contributed by atoms with E-state index in [0.717, 1.165) is 19.3 Å². The molecule has 0 amide bonds. The second-order valence-electron chi connectivity index (χ2n) is 5.43. The monoisotopic (exact) mass is 248 g/mol. The number of ether oxygens (including phenoxy) is 1. The van der Waals surface area contributed by atoms with Crippen LogP contribution in [0.4, 0.5) is 0 Å². The Bertz CT molecular complexity index is 419. The normalized spacial score (nSPS) is 31.4. The van der Waals surface area contributed by atoms with E-state index in [0.29, 0.717) is 17.9 Å². The van der Waals surface area contributed by atoms with Gasteiger partial charge in [0.25, 0.3) is 0 Å². The summed E-state index contributed by atoms with van der Waals surface area (Å²) in [5.41, 5.74) is 1.93. The number of rotatable bonds is 3. The Kier molecular flexibility index (Phi) is 3.69. The lowest BCUT2D eigenvalue weighted by atomic mass is 9.90. The van der Waals surface area contributed by atoms with Crippen LogP contribution < -0.4 is 0 Å². The van der Waals surface area contributed by atoms with Gasteiger partial charge in [-0.15, -0.1) is 0 Å². The van der Waals surface area contributed by atoms with Crippen LogP contribution in [0.25, 0.3) is 0 Å². The molecule has 1 heterocycles. The highest BCUT2D eigenvalue weighted by molar-refractivity contribution is 5.90. The summed E-state index contributed by atoms with van der Waals surface area (Å²) in [7, 11) is 0. The topological polar surface area (TPSA) is 43.4 Å². The zero-order valence-corrected chi connectivity index (χ0v) is 11.1. The zero-order chi connectivity index (χ0) is 13.3. The Morgan fingerprint density at radius 1 is 1.56 bits per heavy atom. The van der Waals surface area contributed by atoms with Crippen LogP contribution in [0.5, 0.6) is 0 Å². The summed E-state index contributed by atoms with van der Waals surface area (Å²) in [6.07, 6.45) is 5.26. The van der Waals surface area contributed by atoms with Gasteiger partial charge in [-0.1, -0.05) is 25.2 Å². The quantitative estimate of drug-likeness (QED) is 0.438. The molecule has 1 aliphatic heterocycles. The summed E-state index contributed by atoms with van der Waals surface area (Å²) in [6, 6.07) is 0. The van der Waals surface area contributed by atoms with E-state index in [4.69, 9.17) is 4.74 Å². The number of fused-ring (bicyclic) bond motifs is 1. The summed E-state index contributed by atoms with van der Waals surface area (Å²) >= 11 is 0. The third-order valence-electron chi connectivity index (χ3n) is 4.04. The molecule has 18 heavy (non-hydrogen) atoms. The van der Waals surface area contributed by atoms with Crippen LogP contribution in [0.1, 0.15) is 39.5 Å². The average Bonchev–Trinajstić information content (AvgIpc) is 2.46. The highest BCUT2D eigenvalue weighted by atomic mass is 16.6. The Labute approximate surface area is 108 Å². The van der Waals surface area contributed by atoms with Gasteiger partial charge in [0.15, 0.2) is 0 Å². The minimum Gasteiger partial charge on any atom is -0.458 e. The second-order valence-corrected chi connectivity index (χ2v) is 5.43. The minimum absolute atomic E-state index is 0.0221. The number of allylic oxidation sites excluding steroid dienone is 2. The fourth-order valence-electron chi connectivity index (χ4n) is 2.83. The Morgan fingerprint density at radius 3 is 2.94 bits per heavy atom. The van der Waals surface area contributed by atoms with Crippen LogP contribution in [0, 0.1) is 11.8 Å². The van der Waals surface area contributed by atoms with E-state index in [1.54, 1.807) is 6.92 Å². The zero-order valence-electron chi connectivity index (χ0n) is 11.1. The van der Waals surface area contributed by atoms with Crippen LogP contribution in [-0.2, 0) is 14.3 Å². The standard InChI is InChI=1S/C15H20O3/c1-9-8-14-13(11(3)15(17)18-14)7-6-12(9)5-4-10(2)16/h6,9,13-14H,3-5,7-8H2,1-2H3/t9-,13?,14-/m0/s1. The van der Waals surface area contributed by atoms with Crippen molar-refractivity contribution in [3.05, 3.63) is 23.8 Å². The molecule has 0 aromatic carbocycles. The van der Waals surface area contributed by atoms with Crippen LogP contribution >= 0.6 is 0 Å². The molecule has 1 aliphatic carbocycles. The van der Waals surface area contributed by atoms with Gasteiger partial charge in [-0.25, -0.2) is 4.79 Å². The molecule has 3 heteroatoms. The lowest BCUT2D eigenvalue weighted by Crippen LogP contribution is -2.17. The molecule has 1 unspecified atom stereocenters. The smallest absolute Gasteiger partial charge is 0.334 e. The highest BCUT2D eigenvalue weighted by Crippen LogP contribution is 2.39. The summed E-state index contributed by atoms with van der Waals surface area (Å²) in [5, 5.41) is 0. The SMILES string of the molecule is C=C1C(=O)O[C@H]2C[C@H](C)C(CCC(C)=O)=CCC12. The summed E-state index contributed by atoms with van der Waals surface area (Å²) in [4.78, 5) is 22.5. The predicted molar refractivity (Wildman–Crippen MR) is 68.9 cm³/mol. The average molecular weight is 248 g/mol. The largest absolute Gasteiger partial charge is 0.458 e. The fraction of sp³-hybridized carbons (Fsp3) is 0.600. The van der Waals surface area contributed by atoms with Crippen molar-refractivity contribution in [3.8, 4) is 0 Å². The van der Waals surface area contributed by atoms with Gasteiger partial charge in [0.2, 0.25) is 0 Å². The molecule has 0 spiro atoms. The lowest BCUT2D eigenvalue weighted by Gasteiger charge is -2.18. The summed E-state index contributed by atoms with van der Waals surface area (Å²) in [6.45, 7) is 7.60. The molecule has 0 N–H and O–H groups in total. The molecular formula is C15H20O3. The van der Waals surface area contributed by atoms with Crippen LogP contribution in [0.2, 0.25) is 0 Å². The van der Waals surface area contributed by atoms with Gasteiger partial charge < -0.3 is 9.53 Å². The first kappa shape index (κ1) is 13.1. The van der Waals surface area contributed by atoms with Gasteiger partial charge in [-0.3, -0.25) is 0 Å². The van der Waals surface area contributed by atoms with Crippen LogP contribution in [0.3, 0.4) is 0 Å². The van der Waals surface area contributed by atoms with E-state index in [-0.39, 0.29) is 23.8 Å². The number of hydrogen-bond donors (Lipinski definition) is 0. The van der Waals surface area contributed by atoms with E-state index < -0.39 is 0 Å². The van der Waals surface area contributed by atoms with Crippen LogP contribution in [-0.4, -0.2) is 17.9 Å². The Morgan fingerprint density at radius 2 is 2.28 bits per heavy atom. The van der Waals surface area contributed by atoms with Gasteiger partial charge in [0.05, 0.1) is 0 Å². The molecule has 1 saturated heterocycles. The molecule has 0 radical (unpaired) electrons. The minimum atomic E-state index is -0.238. The summed E-state index contributed by atoms with van der Waals surface area (Å²) < 4.78 is 5.36. The summed E-state index contributed by atoms with van der Waals surface area (Å²) in [5.74, 6) is 0.494. The predicted octanol–water partition coefficient (Wildman–Crippen LogP) is 2.81. The number of carbonyl (C=O) groups excluding carboxylic acids is 2. The molecule has 0 aromatic rings. The molecule has 1 fully saturated rings. The van der Waals surface area contributed by atoms with Crippen molar-refractivity contribution in [2.45, 2.75) is 45.6 Å². The third kappa shape index (κ3) is 2.55. The molecule has 3 atom stereocenters. The number of carbonyl (C=O) groups is 2. The van der Waals surface area contributed by atoms with Gasteiger partial charge in [-0.2, -0.15) is 0 Å². The van der Waals surface area contributed by atoms with Crippen LogP contribution in [0.15, 0.2) is 23.8 Å². The van der Waals surface area contributed by atoms with E-state index in [1.807, 2.05) is 0 Å². The Balaban J connectivity index is 2.08. The van der Waals surface area contributed by atoms with Crippen molar-refractivity contribution in [2.75, 3.05) is 0 Å². The number of Topliss-reactive ketones (excluding diaryl/α,β-unsaturated/α-hetero) is 1. The number of hydrogen-bond acceptors (Lipinski definition) is 3. The van der Waals surface area contributed by atoms with Gasteiger partial charge in [0.1, 0.15) is 11.9 Å². The first-order valence-corrected chi connectivity index (χ1v) is 6.57. The van der Waals surface area contributed by atoms with Gasteiger partial charge in [-0.05, 0) is 32.1 Å². The molecule has 98 valence electrons. The molecule has 0 saturated carbocycles. The molecule has 3 nitrogen and oxygen atoms in total. The van der Waals surface area contributed by atoms with E-state index >= 15 is 0 Å². The molecule has 0 aromatic heterocycles. The first-order chi connectivity index (χ1) is 8.49. The van der Waals surface area contributed by atoms with E-state index in [9.17, 15) is 9.59 Å². The van der Waals surface area contributed by atoms with Crippen molar-refractivity contribution < 1.29 is 14.3 Å². The van der Waals surface area contributed by atoms with Crippen molar-refractivity contribution in [2.24, 2.45) is 11.8 Å². The maximum Gasteiger partial charge on any atom is 0.334 e. The first-order valence-electron chi connectivity index (χ1n) is 6.57. The number of ketones is 1. The van der Waals surface area contributed by atoms with Crippen molar-refractivity contribution in [1.82, 2.24) is 0 Å². The second kappa shape index (κ2) is 5.09. The van der Waals surface area contributed by atoms with Gasteiger partial charge in [0, 0.05) is 17.9 Å². The maximum absolute atomic E-state index is 11.5. The fourth-order valence-corrected chi connectivity index (χ4v) is 2.83. The number of esters is 1. The third-order valence-corrected chi connectivity index (χ3v) is 4.04. The van der Waals surface area contributed by atoms with Crippen molar-refractivity contribution in [1.29, 1.82) is 0 Å².